The lowest BCUT2D eigenvalue weighted by molar-refractivity contribution is -0.121. The van der Waals surface area contributed by atoms with Gasteiger partial charge in [0.25, 0.3) is 5.91 Å². The zero-order valence-corrected chi connectivity index (χ0v) is 16.1. The first-order valence-corrected chi connectivity index (χ1v) is 9.15. The second-order valence-corrected chi connectivity index (χ2v) is 6.68. The summed E-state index contributed by atoms with van der Waals surface area (Å²) in [5.74, 6) is -0.672. The maximum Gasteiger partial charge on any atom is 0.254 e. The van der Waals surface area contributed by atoms with E-state index in [1.54, 1.807) is 32.2 Å². The molecule has 5 nitrogen and oxygen atoms in total. The molecule has 0 fully saturated rings. The first kappa shape index (κ1) is 20.4. The molecule has 0 bridgehead atoms. The van der Waals surface area contributed by atoms with E-state index < -0.39 is 11.9 Å². The maximum absolute atomic E-state index is 12.6. The molecule has 0 unspecified atom stereocenters. The smallest absolute Gasteiger partial charge is 0.254 e. The number of amides is 2. The number of Topliss-reactive ketones (excluding diaryl/α,β-unsaturated/α-hetero) is 1. The normalized spacial score (nSPS) is 11.7. The molecule has 2 rings (SSSR count). The van der Waals surface area contributed by atoms with Crippen molar-refractivity contribution in [1.82, 2.24) is 4.90 Å². The predicted molar refractivity (Wildman–Crippen MR) is 106 cm³/mol. The molecule has 1 atom stereocenters. The van der Waals surface area contributed by atoms with E-state index >= 15 is 0 Å². The van der Waals surface area contributed by atoms with Crippen molar-refractivity contribution in [2.24, 2.45) is 5.73 Å². The number of rotatable bonds is 8. The summed E-state index contributed by atoms with van der Waals surface area (Å²) >= 11 is 0. The van der Waals surface area contributed by atoms with Gasteiger partial charge in [0.15, 0.2) is 5.78 Å². The highest BCUT2D eigenvalue weighted by Crippen LogP contribution is 2.22. The fraction of sp³-hybridized carbons (Fsp3) is 0.318. The Morgan fingerprint density at radius 1 is 1.00 bits per heavy atom. The third-order valence-corrected chi connectivity index (χ3v) is 4.72. The van der Waals surface area contributed by atoms with Gasteiger partial charge in [-0.2, -0.15) is 0 Å². The lowest BCUT2D eigenvalue weighted by Gasteiger charge is -2.22. The lowest BCUT2D eigenvalue weighted by atomic mass is 9.99. The van der Waals surface area contributed by atoms with Crippen LogP contribution < -0.4 is 5.73 Å². The Bertz CT molecular complexity index is 828. The van der Waals surface area contributed by atoms with Crippen LogP contribution in [0, 0.1) is 0 Å². The van der Waals surface area contributed by atoms with Crippen molar-refractivity contribution in [2.75, 3.05) is 7.05 Å². The largest absolute Gasteiger partial charge is 0.368 e. The van der Waals surface area contributed by atoms with Gasteiger partial charge in [0.2, 0.25) is 5.91 Å². The number of primary amides is 1. The van der Waals surface area contributed by atoms with Gasteiger partial charge >= 0.3 is 0 Å². The molecule has 0 heterocycles. The Morgan fingerprint density at radius 3 is 2.26 bits per heavy atom. The number of ketones is 1. The molecule has 27 heavy (non-hydrogen) atoms. The molecule has 2 aromatic carbocycles. The minimum absolute atomic E-state index is 0.148. The van der Waals surface area contributed by atoms with Gasteiger partial charge in [-0.05, 0) is 36.6 Å². The zero-order valence-electron chi connectivity index (χ0n) is 16.1. The van der Waals surface area contributed by atoms with Gasteiger partial charge < -0.3 is 10.6 Å². The van der Waals surface area contributed by atoms with Crippen LogP contribution in [-0.2, 0) is 4.79 Å². The highest BCUT2D eigenvalue weighted by atomic mass is 16.2. The van der Waals surface area contributed by atoms with Crippen LogP contribution >= 0.6 is 0 Å². The topological polar surface area (TPSA) is 80.5 Å². The number of unbranched alkanes of at least 4 members (excludes halogenated alkanes) is 1. The Labute approximate surface area is 160 Å². The third kappa shape index (κ3) is 5.03. The summed E-state index contributed by atoms with van der Waals surface area (Å²) in [4.78, 5) is 37.3. The van der Waals surface area contributed by atoms with Crippen LogP contribution in [-0.4, -0.2) is 35.6 Å². The van der Waals surface area contributed by atoms with Crippen molar-refractivity contribution in [1.29, 1.82) is 0 Å². The van der Waals surface area contributed by atoms with Gasteiger partial charge in [-0.15, -0.1) is 0 Å². The molecule has 0 saturated heterocycles. The summed E-state index contributed by atoms with van der Waals surface area (Å²) < 4.78 is 0. The summed E-state index contributed by atoms with van der Waals surface area (Å²) in [6, 6.07) is 13.9. The Hall–Kier alpha value is -2.95. The number of carbonyl (C=O) groups is 3. The zero-order chi connectivity index (χ0) is 20.0. The molecule has 142 valence electrons. The molecule has 0 spiro atoms. The summed E-state index contributed by atoms with van der Waals surface area (Å²) in [5, 5.41) is 0. The molecular weight excluding hydrogens is 340 g/mol. The van der Waals surface area contributed by atoms with E-state index in [-0.39, 0.29) is 11.7 Å². The van der Waals surface area contributed by atoms with E-state index in [0.717, 1.165) is 24.0 Å². The van der Waals surface area contributed by atoms with E-state index in [4.69, 9.17) is 5.73 Å². The number of nitrogens with two attached hydrogens (primary N) is 1. The van der Waals surface area contributed by atoms with E-state index in [0.29, 0.717) is 17.5 Å². The molecule has 5 heteroatoms. The number of hydrogen-bond donors (Lipinski definition) is 1. The highest BCUT2D eigenvalue weighted by molar-refractivity contribution is 5.98. The molecule has 0 aliphatic heterocycles. The number of carbonyl (C=O) groups excluding carboxylic acids is 3. The van der Waals surface area contributed by atoms with Gasteiger partial charge in [0, 0.05) is 24.6 Å². The second kappa shape index (κ2) is 9.12. The van der Waals surface area contributed by atoms with E-state index in [2.05, 4.69) is 6.92 Å². The minimum Gasteiger partial charge on any atom is -0.368 e. The van der Waals surface area contributed by atoms with Crippen LogP contribution in [0.3, 0.4) is 0 Å². The van der Waals surface area contributed by atoms with E-state index in [9.17, 15) is 14.4 Å². The monoisotopic (exact) mass is 366 g/mol. The highest BCUT2D eigenvalue weighted by Gasteiger charge is 2.21. The summed E-state index contributed by atoms with van der Waals surface area (Å²) in [5.41, 5.74) is 8.25. The van der Waals surface area contributed by atoms with Crippen molar-refractivity contribution >= 4 is 17.6 Å². The lowest BCUT2D eigenvalue weighted by Crippen LogP contribution is -2.43. The minimum atomic E-state index is -0.686. The van der Waals surface area contributed by atoms with Gasteiger partial charge in [-0.1, -0.05) is 49.7 Å². The van der Waals surface area contributed by atoms with E-state index in [1.807, 2.05) is 30.3 Å². The Balaban J connectivity index is 2.21. The first-order chi connectivity index (χ1) is 12.8. The van der Waals surface area contributed by atoms with Crippen molar-refractivity contribution < 1.29 is 14.4 Å². The number of hydrogen-bond acceptors (Lipinski definition) is 3. The van der Waals surface area contributed by atoms with Crippen LogP contribution in [0.2, 0.25) is 0 Å². The third-order valence-electron chi connectivity index (χ3n) is 4.72. The fourth-order valence-corrected chi connectivity index (χ4v) is 2.73. The van der Waals surface area contributed by atoms with E-state index in [1.165, 1.54) is 4.90 Å². The molecule has 0 aliphatic rings. The van der Waals surface area contributed by atoms with Gasteiger partial charge in [-0.25, -0.2) is 0 Å². The number of likely N-dealkylation sites (N-methyl/N-ethyl adjacent to an activating group) is 1. The molecule has 0 radical (unpaired) electrons. The quantitative estimate of drug-likeness (QED) is 0.724. The molecular formula is C22H26N2O3. The van der Waals surface area contributed by atoms with Crippen molar-refractivity contribution in [3.63, 3.8) is 0 Å². The summed E-state index contributed by atoms with van der Waals surface area (Å²) in [7, 11) is 1.56. The Kier molecular flexibility index (Phi) is 6.88. The van der Waals surface area contributed by atoms with Crippen LogP contribution in [0.1, 0.15) is 53.8 Å². The standard InChI is InChI=1S/C22H26N2O3/c1-4-5-9-20(25)17-12-10-16(11-13-17)18-7-6-8-19(14-18)22(27)24(3)15(2)21(23)26/h6-8,10-15H,4-5,9H2,1-3H3,(H2,23,26)/t15-/m0/s1. The SMILES string of the molecule is CCCCC(=O)c1ccc(-c2cccc(C(=O)N(C)[C@@H](C)C(N)=O)c2)cc1. The average molecular weight is 366 g/mol. The fourth-order valence-electron chi connectivity index (χ4n) is 2.73. The predicted octanol–water partition coefficient (Wildman–Crippen LogP) is 3.67. The van der Waals surface area contributed by atoms with Crippen LogP contribution in [0.4, 0.5) is 0 Å². The summed E-state index contributed by atoms with van der Waals surface area (Å²) in [6.45, 7) is 3.66. The van der Waals surface area contributed by atoms with Crippen molar-refractivity contribution in [2.45, 2.75) is 39.2 Å². The Morgan fingerprint density at radius 2 is 1.67 bits per heavy atom. The van der Waals surface area contributed by atoms with Crippen LogP contribution in [0.25, 0.3) is 11.1 Å². The first-order valence-electron chi connectivity index (χ1n) is 9.15. The molecule has 2 aromatic rings. The molecule has 2 N–H and O–H groups in total. The second-order valence-electron chi connectivity index (χ2n) is 6.68. The number of benzene rings is 2. The molecule has 0 aliphatic carbocycles. The van der Waals surface area contributed by atoms with Crippen LogP contribution in [0.5, 0.6) is 0 Å². The summed E-state index contributed by atoms with van der Waals surface area (Å²) in [6.07, 6.45) is 2.44. The average Bonchev–Trinajstić information content (AvgIpc) is 2.70. The van der Waals surface area contributed by atoms with Crippen molar-refractivity contribution in [3.05, 3.63) is 59.7 Å². The number of nitrogens with zero attached hydrogens (tertiary/aromatic N) is 1. The van der Waals surface area contributed by atoms with Crippen LogP contribution in [0.15, 0.2) is 48.5 Å². The molecule has 2 amide bonds. The van der Waals surface area contributed by atoms with Gasteiger partial charge in [0.05, 0.1) is 0 Å². The maximum atomic E-state index is 12.6. The van der Waals surface area contributed by atoms with Crippen molar-refractivity contribution in [3.8, 4) is 11.1 Å². The molecule has 0 saturated carbocycles. The van der Waals surface area contributed by atoms with Gasteiger partial charge in [-0.3, -0.25) is 14.4 Å². The van der Waals surface area contributed by atoms with Gasteiger partial charge in [0.1, 0.15) is 6.04 Å². The molecule has 0 aromatic heterocycles.